The Morgan fingerprint density at radius 3 is 2.68 bits per heavy atom. The van der Waals surface area contributed by atoms with Gasteiger partial charge in [0.05, 0.1) is 11.9 Å². The van der Waals surface area contributed by atoms with Gasteiger partial charge in [-0.2, -0.15) is 9.61 Å². The molecule has 0 radical (unpaired) electrons. The number of halogens is 2. The zero-order chi connectivity index (χ0) is 19.7. The van der Waals surface area contributed by atoms with Gasteiger partial charge < -0.3 is 10.4 Å². The lowest BCUT2D eigenvalue weighted by Crippen LogP contribution is -2.22. The van der Waals surface area contributed by atoms with E-state index in [1.54, 1.807) is 0 Å². The summed E-state index contributed by atoms with van der Waals surface area (Å²) in [5.74, 6) is -2.16. The van der Waals surface area contributed by atoms with Crippen LogP contribution in [0.1, 0.15) is 15.9 Å². The fourth-order valence-corrected chi connectivity index (χ4v) is 2.81. The van der Waals surface area contributed by atoms with Gasteiger partial charge in [0.25, 0.3) is 5.91 Å². The molecule has 2 N–H and O–H groups in total. The van der Waals surface area contributed by atoms with Crippen molar-refractivity contribution in [1.29, 1.82) is 0 Å². The van der Waals surface area contributed by atoms with Crippen LogP contribution in [0.3, 0.4) is 0 Å². The number of aromatic hydroxyl groups is 1. The van der Waals surface area contributed by atoms with E-state index in [0.29, 0.717) is 6.54 Å². The van der Waals surface area contributed by atoms with Crippen LogP contribution in [0.5, 0.6) is 5.88 Å². The largest absolute Gasteiger partial charge is 0.493 e. The molecular formula is C20H14F2N4O2. The van der Waals surface area contributed by atoms with Gasteiger partial charge in [-0.05, 0) is 23.8 Å². The molecule has 0 unspecified atom stereocenters. The molecule has 2 heterocycles. The van der Waals surface area contributed by atoms with Crippen LogP contribution in [-0.4, -0.2) is 25.6 Å². The Kier molecular flexibility index (Phi) is 4.44. The highest BCUT2D eigenvalue weighted by atomic mass is 19.1. The number of nitrogens with zero attached hydrogens (tertiary/aromatic N) is 3. The third kappa shape index (κ3) is 3.27. The van der Waals surface area contributed by atoms with E-state index in [1.165, 1.54) is 6.20 Å². The highest BCUT2D eigenvalue weighted by Crippen LogP contribution is 2.27. The zero-order valence-electron chi connectivity index (χ0n) is 14.4. The monoisotopic (exact) mass is 380 g/mol. The zero-order valence-corrected chi connectivity index (χ0v) is 14.4. The van der Waals surface area contributed by atoms with Gasteiger partial charge in [0.1, 0.15) is 17.2 Å². The Hall–Kier alpha value is -3.81. The average molecular weight is 380 g/mol. The molecule has 0 bridgehead atoms. The van der Waals surface area contributed by atoms with Crippen LogP contribution in [-0.2, 0) is 6.54 Å². The second-order valence-corrected chi connectivity index (χ2v) is 6.09. The van der Waals surface area contributed by atoms with E-state index in [0.717, 1.165) is 34.3 Å². The molecule has 0 atom stereocenters. The molecule has 8 heteroatoms. The Bertz CT molecular complexity index is 1180. The van der Waals surface area contributed by atoms with Crippen LogP contribution in [0.4, 0.5) is 8.78 Å². The van der Waals surface area contributed by atoms with E-state index in [-0.39, 0.29) is 28.3 Å². The number of nitrogens with one attached hydrogen (secondary N) is 1. The Morgan fingerprint density at radius 1 is 1.11 bits per heavy atom. The lowest BCUT2D eigenvalue weighted by molar-refractivity contribution is 0.0952. The fraction of sp³-hybridized carbons (Fsp3) is 0.0500. The minimum Gasteiger partial charge on any atom is -0.493 e. The molecule has 0 fully saturated rings. The third-order valence-electron chi connectivity index (χ3n) is 4.20. The second kappa shape index (κ2) is 7.07. The molecule has 0 spiro atoms. The normalized spacial score (nSPS) is 10.9. The molecule has 6 nitrogen and oxygen atoms in total. The molecule has 2 aromatic heterocycles. The quantitative estimate of drug-likeness (QED) is 0.569. The van der Waals surface area contributed by atoms with Crippen LogP contribution in [0, 0.1) is 11.6 Å². The number of benzene rings is 2. The van der Waals surface area contributed by atoms with Crippen molar-refractivity contribution in [2.45, 2.75) is 6.54 Å². The summed E-state index contributed by atoms with van der Waals surface area (Å²) in [7, 11) is 0. The van der Waals surface area contributed by atoms with Crippen LogP contribution in [0.15, 0.2) is 60.8 Å². The summed E-state index contributed by atoms with van der Waals surface area (Å²) in [6.07, 6.45) is 1.26. The first kappa shape index (κ1) is 17.6. The van der Waals surface area contributed by atoms with Crippen LogP contribution < -0.4 is 5.32 Å². The Balaban J connectivity index is 1.71. The number of hydrogen-bond acceptors (Lipinski definition) is 4. The highest BCUT2D eigenvalue weighted by Gasteiger charge is 2.18. The molecule has 1 amide bonds. The predicted octanol–water partition coefficient (Wildman–Crippen LogP) is 3.31. The molecule has 0 aliphatic rings. The Morgan fingerprint density at radius 2 is 1.89 bits per heavy atom. The van der Waals surface area contributed by atoms with E-state index in [9.17, 15) is 18.7 Å². The topological polar surface area (TPSA) is 79.5 Å². The van der Waals surface area contributed by atoms with Gasteiger partial charge in [-0.15, -0.1) is 0 Å². The standard InChI is InChI=1S/C20H14F2N4O2/c21-13-6-7-16(22)14(8-13)17-9-18(27)26-19(25-17)15(11-24-26)20(28)23-10-12-4-2-1-3-5-12/h1-9,11,27H,10H2,(H,23,28). The molecule has 140 valence electrons. The van der Waals surface area contributed by atoms with Gasteiger partial charge >= 0.3 is 0 Å². The molecule has 0 saturated carbocycles. The summed E-state index contributed by atoms with van der Waals surface area (Å²) in [4.78, 5) is 16.8. The number of rotatable bonds is 4. The number of hydrogen-bond donors (Lipinski definition) is 2. The van der Waals surface area contributed by atoms with Crippen molar-refractivity contribution in [3.05, 3.63) is 83.6 Å². The summed E-state index contributed by atoms with van der Waals surface area (Å²) in [6, 6.07) is 13.4. The van der Waals surface area contributed by atoms with E-state index in [2.05, 4.69) is 15.4 Å². The number of carbonyl (C=O) groups excluding carboxylic acids is 1. The molecule has 4 aromatic rings. The number of carbonyl (C=O) groups is 1. The van der Waals surface area contributed by atoms with Gasteiger partial charge in [0, 0.05) is 18.2 Å². The van der Waals surface area contributed by atoms with Crippen molar-refractivity contribution in [1.82, 2.24) is 19.9 Å². The predicted molar refractivity (Wildman–Crippen MR) is 97.6 cm³/mol. The lowest BCUT2D eigenvalue weighted by Gasteiger charge is -2.07. The molecular weight excluding hydrogens is 366 g/mol. The SMILES string of the molecule is O=C(NCc1ccccc1)c1cnn2c(O)cc(-c3cc(F)ccc3F)nc12. The van der Waals surface area contributed by atoms with Crippen molar-refractivity contribution in [3.8, 4) is 17.1 Å². The molecule has 0 aliphatic heterocycles. The maximum atomic E-state index is 14.1. The number of aromatic nitrogens is 3. The first-order valence-electron chi connectivity index (χ1n) is 8.38. The summed E-state index contributed by atoms with van der Waals surface area (Å²) in [5, 5.41) is 16.9. The van der Waals surface area contributed by atoms with Gasteiger partial charge in [0.2, 0.25) is 5.88 Å². The minimum atomic E-state index is -0.702. The van der Waals surface area contributed by atoms with Crippen molar-refractivity contribution in [2.75, 3.05) is 0 Å². The molecule has 0 saturated heterocycles. The smallest absolute Gasteiger partial charge is 0.257 e. The fourth-order valence-electron chi connectivity index (χ4n) is 2.81. The summed E-state index contributed by atoms with van der Waals surface area (Å²) < 4.78 is 28.7. The van der Waals surface area contributed by atoms with E-state index < -0.39 is 17.5 Å². The molecule has 0 aliphatic carbocycles. The van der Waals surface area contributed by atoms with Crippen molar-refractivity contribution < 1.29 is 18.7 Å². The van der Waals surface area contributed by atoms with Gasteiger partial charge in [0.15, 0.2) is 5.65 Å². The molecule has 4 rings (SSSR count). The second-order valence-electron chi connectivity index (χ2n) is 6.09. The van der Waals surface area contributed by atoms with E-state index in [4.69, 9.17) is 0 Å². The molecule has 2 aromatic carbocycles. The summed E-state index contributed by atoms with van der Waals surface area (Å²) >= 11 is 0. The first-order valence-corrected chi connectivity index (χ1v) is 8.38. The van der Waals surface area contributed by atoms with Crippen LogP contribution in [0.25, 0.3) is 16.9 Å². The van der Waals surface area contributed by atoms with Crippen molar-refractivity contribution in [2.24, 2.45) is 0 Å². The Labute approximate surface area is 158 Å². The van der Waals surface area contributed by atoms with Crippen molar-refractivity contribution in [3.63, 3.8) is 0 Å². The van der Waals surface area contributed by atoms with E-state index in [1.807, 2.05) is 30.3 Å². The first-order chi connectivity index (χ1) is 13.5. The van der Waals surface area contributed by atoms with Crippen LogP contribution >= 0.6 is 0 Å². The molecule has 28 heavy (non-hydrogen) atoms. The van der Waals surface area contributed by atoms with Gasteiger partial charge in [-0.3, -0.25) is 4.79 Å². The summed E-state index contributed by atoms with van der Waals surface area (Å²) in [6.45, 7) is 0.293. The van der Waals surface area contributed by atoms with E-state index >= 15 is 0 Å². The number of amides is 1. The maximum absolute atomic E-state index is 14.1. The van der Waals surface area contributed by atoms with Crippen molar-refractivity contribution >= 4 is 11.6 Å². The van der Waals surface area contributed by atoms with Crippen LogP contribution in [0.2, 0.25) is 0 Å². The van der Waals surface area contributed by atoms with Gasteiger partial charge in [-0.25, -0.2) is 13.8 Å². The number of fused-ring (bicyclic) bond motifs is 1. The lowest BCUT2D eigenvalue weighted by atomic mass is 10.1. The van der Waals surface area contributed by atoms with Gasteiger partial charge in [-0.1, -0.05) is 30.3 Å². The average Bonchev–Trinajstić information content (AvgIpc) is 3.13. The maximum Gasteiger partial charge on any atom is 0.257 e. The highest BCUT2D eigenvalue weighted by molar-refractivity contribution is 5.99. The summed E-state index contributed by atoms with van der Waals surface area (Å²) in [5.41, 5.74) is 0.897. The third-order valence-corrected chi connectivity index (χ3v) is 4.20. The minimum absolute atomic E-state index is 0.0143.